The van der Waals surface area contributed by atoms with Gasteiger partial charge in [-0.25, -0.2) is 0 Å². The van der Waals surface area contributed by atoms with Gasteiger partial charge in [0.15, 0.2) is 0 Å². The van der Waals surface area contributed by atoms with E-state index in [0.29, 0.717) is 18.7 Å². The van der Waals surface area contributed by atoms with E-state index in [1.54, 1.807) is 6.07 Å². The van der Waals surface area contributed by atoms with E-state index in [-0.39, 0.29) is 11.8 Å². The second-order valence-corrected chi connectivity index (χ2v) is 5.39. The first kappa shape index (κ1) is 15.3. The van der Waals surface area contributed by atoms with Crippen LogP contribution in [0.15, 0.2) is 36.4 Å². The molecule has 5 nitrogen and oxygen atoms in total. The second-order valence-electron chi connectivity index (χ2n) is 5.39. The van der Waals surface area contributed by atoms with Gasteiger partial charge in [0.05, 0.1) is 11.8 Å². The largest absolute Gasteiger partial charge is 0.393 e. The standard InChI is InChI=1S/C16H21N3O2/c1-11(2)15(20)8-9-17-16(21)14-10-13(18-19-14)12-6-4-3-5-7-12/h3-7,10-11,15,20H,8-9H2,1-2H3,(H,17,21)(H,18,19). The molecule has 5 heteroatoms. The zero-order valence-corrected chi connectivity index (χ0v) is 12.3. The molecule has 2 aromatic rings. The third kappa shape index (κ3) is 4.16. The molecule has 0 bridgehead atoms. The quantitative estimate of drug-likeness (QED) is 0.762. The lowest BCUT2D eigenvalue weighted by Crippen LogP contribution is -2.28. The summed E-state index contributed by atoms with van der Waals surface area (Å²) in [7, 11) is 0. The first-order valence-electron chi connectivity index (χ1n) is 7.15. The van der Waals surface area contributed by atoms with Crippen LogP contribution in [0.5, 0.6) is 0 Å². The van der Waals surface area contributed by atoms with E-state index in [2.05, 4.69) is 15.5 Å². The van der Waals surface area contributed by atoms with Gasteiger partial charge < -0.3 is 10.4 Å². The molecule has 3 N–H and O–H groups in total. The van der Waals surface area contributed by atoms with Crippen LogP contribution in [-0.4, -0.2) is 33.9 Å². The van der Waals surface area contributed by atoms with Crippen LogP contribution in [0.2, 0.25) is 0 Å². The van der Waals surface area contributed by atoms with E-state index in [9.17, 15) is 9.90 Å². The number of hydrogen-bond acceptors (Lipinski definition) is 3. The Balaban J connectivity index is 1.91. The van der Waals surface area contributed by atoms with E-state index in [1.165, 1.54) is 0 Å². The minimum Gasteiger partial charge on any atom is -0.393 e. The Kier molecular flexibility index (Phi) is 5.11. The highest BCUT2D eigenvalue weighted by molar-refractivity contribution is 5.93. The van der Waals surface area contributed by atoms with Gasteiger partial charge in [-0.1, -0.05) is 44.2 Å². The van der Waals surface area contributed by atoms with Gasteiger partial charge in [-0.15, -0.1) is 0 Å². The number of aromatic nitrogens is 2. The van der Waals surface area contributed by atoms with Crippen molar-refractivity contribution in [2.24, 2.45) is 5.92 Å². The molecular formula is C16H21N3O2. The maximum absolute atomic E-state index is 12.0. The van der Waals surface area contributed by atoms with E-state index in [0.717, 1.165) is 11.3 Å². The molecule has 0 saturated carbocycles. The molecule has 1 amide bonds. The highest BCUT2D eigenvalue weighted by atomic mass is 16.3. The minimum absolute atomic E-state index is 0.193. The van der Waals surface area contributed by atoms with Gasteiger partial charge >= 0.3 is 0 Å². The maximum atomic E-state index is 12.0. The van der Waals surface area contributed by atoms with Gasteiger partial charge in [-0.05, 0) is 18.4 Å². The third-order valence-electron chi connectivity index (χ3n) is 3.39. The van der Waals surface area contributed by atoms with Crippen molar-refractivity contribution < 1.29 is 9.90 Å². The van der Waals surface area contributed by atoms with Crippen molar-refractivity contribution in [3.05, 3.63) is 42.1 Å². The SMILES string of the molecule is CC(C)C(O)CCNC(=O)c1cc(-c2ccccc2)n[nH]1. The topological polar surface area (TPSA) is 78.0 Å². The number of H-pyrrole nitrogens is 1. The fourth-order valence-electron chi connectivity index (χ4n) is 1.96. The molecule has 2 rings (SSSR count). The number of nitrogens with zero attached hydrogens (tertiary/aromatic N) is 1. The lowest BCUT2D eigenvalue weighted by molar-refractivity contribution is 0.0915. The molecule has 0 radical (unpaired) electrons. The Labute approximate surface area is 124 Å². The number of nitrogens with one attached hydrogen (secondary N) is 2. The van der Waals surface area contributed by atoms with Crippen LogP contribution in [0.25, 0.3) is 11.3 Å². The van der Waals surface area contributed by atoms with Gasteiger partial charge in [0.25, 0.3) is 5.91 Å². The fourth-order valence-corrected chi connectivity index (χ4v) is 1.96. The molecule has 1 heterocycles. The second kappa shape index (κ2) is 7.04. The molecule has 1 aromatic carbocycles. The summed E-state index contributed by atoms with van der Waals surface area (Å²) in [4.78, 5) is 12.0. The molecule has 1 aromatic heterocycles. The number of benzene rings is 1. The monoisotopic (exact) mass is 287 g/mol. The molecule has 0 spiro atoms. The molecule has 0 fully saturated rings. The maximum Gasteiger partial charge on any atom is 0.269 e. The average Bonchev–Trinajstić information content (AvgIpc) is 2.97. The van der Waals surface area contributed by atoms with Crippen LogP contribution >= 0.6 is 0 Å². The summed E-state index contributed by atoms with van der Waals surface area (Å²) >= 11 is 0. The smallest absolute Gasteiger partial charge is 0.269 e. The summed E-state index contributed by atoms with van der Waals surface area (Å²) in [6, 6.07) is 11.4. The minimum atomic E-state index is -0.396. The van der Waals surface area contributed by atoms with Crippen molar-refractivity contribution >= 4 is 5.91 Å². The Morgan fingerprint density at radius 2 is 2.05 bits per heavy atom. The van der Waals surface area contributed by atoms with E-state index in [1.807, 2.05) is 44.2 Å². The molecular weight excluding hydrogens is 266 g/mol. The van der Waals surface area contributed by atoms with Crippen LogP contribution < -0.4 is 5.32 Å². The van der Waals surface area contributed by atoms with Crippen LogP contribution in [0.4, 0.5) is 0 Å². The predicted molar refractivity (Wildman–Crippen MR) is 81.8 cm³/mol. The van der Waals surface area contributed by atoms with Crippen molar-refractivity contribution in [1.82, 2.24) is 15.5 Å². The van der Waals surface area contributed by atoms with Crippen molar-refractivity contribution in [2.75, 3.05) is 6.54 Å². The Hall–Kier alpha value is -2.14. The number of rotatable bonds is 6. The van der Waals surface area contributed by atoms with E-state index < -0.39 is 6.10 Å². The van der Waals surface area contributed by atoms with Gasteiger partial charge in [-0.2, -0.15) is 5.10 Å². The van der Waals surface area contributed by atoms with Crippen molar-refractivity contribution in [3.8, 4) is 11.3 Å². The van der Waals surface area contributed by atoms with Crippen LogP contribution in [0, 0.1) is 5.92 Å². The fraction of sp³-hybridized carbons (Fsp3) is 0.375. The van der Waals surface area contributed by atoms with Crippen molar-refractivity contribution in [2.45, 2.75) is 26.4 Å². The van der Waals surface area contributed by atoms with Gasteiger partial charge in [0.2, 0.25) is 0 Å². The molecule has 0 aliphatic carbocycles. The van der Waals surface area contributed by atoms with Crippen LogP contribution in [0.3, 0.4) is 0 Å². The Morgan fingerprint density at radius 3 is 2.71 bits per heavy atom. The highest BCUT2D eigenvalue weighted by Crippen LogP contribution is 2.16. The van der Waals surface area contributed by atoms with Crippen LogP contribution in [0.1, 0.15) is 30.8 Å². The zero-order chi connectivity index (χ0) is 15.2. The van der Waals surface area contributed by atoms with Gasteiger partial charge in [0, 0.05) is 12.1 Å². The first-order chi connectivity index (χ1) is 10.1. The number of aromatic amines is 1. The number of carbonyl (C=O) groups is 1. The lowest BCUT2D eigenvalue weighted by atomic mass is 10.0. The van der Waals surface area contributed by atoms with E-state index >= 15 is 0 Å². The summed E-state index contributed by atoms with van der Waals surface area (Å²) < 4.78 is 0. The summed E-state index contributed by atoms with van der Waals surface area (Å²) in [6.45, 7) is 4.35. The molecule has 1 unspecified atom stereocenters. The number of hydrogen-bond donors (Lipinski definition) is 3. The van der Waals surface area contributed by atoms with Gasteiger partial charge in [-0.3, -0.25) is 9.89 Å². The van der Waals surface area contributed by atoms with Gasteiger partial charge in [0.1, 0.15) is 5.69 Å². The number of amides is 1. The normalized spacial score (nSPS) is 12.4. The summed E-state index contributed by atoms with van der Waals surface area (Å²) in [6.07, 6.45) is 0.148. The van der Waals surface area contributed by atoms with E-state index in [4.69, 9.17) is 0 Å². The lowest BCUT2D eigenvalue weighted by Gasteiger charge is -2.14. The molecule has 0 aliphatic heterocycles. The summed E-state index contributed by atoms with van der Waals surface area (Å²) in [5, 5.41) is 19.4. The first-order valence-corrected chi connectivity index (χ1v) is 7.15. The number of aliphatic hydroxyl groups is 1. The number of carbonyl (C=O) groups excluding carboxylic acids is 1. The zero-order valence-electron chi connectivity index (χ0n) is 12.3. The molecule has 0 aliphatic rings. The van der Waals surface area contributed by atoms with Crippen molar-refractivity contribution in [1.29, 1.82) is 0 Å². The predicted octanol–water partition coefficient (Wildman–Crippen LogP) is 2.21. The molecule has 1 atom stereocenters. The Morgan fingerprint density at radius 1 is 1.33 bits per heavy atom. The van der Waals surface area contributed by atoms with Crippen LogP contribution in [-0.2, 0) is 0 Å². The van der Waals surface area contributed by atoms with Crippen molar-refractivity contribution in [3.63, 3.8) is 0 Å². The molecule has 21 heavy (non-hydrogen) atoms. The Bertz CT molecular complexity index is 578. The summed E-state index contributed by atoms with van der Waals surface area (Å²) in [5.41, 5.74) is 2.12. The third-order valence-corrected chi connectivity index (χ3v) is 3.39. The number of aliphatic hydroxyl groups excluding tert-OH is 1. The average molecular weight is 287 g/mol. The summed E-state index contributed by atoms with van der Waals surface area (Å²) in [5.74, 6) is -0.0145. The molecule has 0 saturated heterocycles. The highest BCUT2D eigenvalue weighted by Gasteiger charge is 2.12. The molecule has 112 valence electrons.